The topological polar surface area (TPSA) is 3.24 Å². The molecule has 2 heterocycles. The molecule has 1 saturated heterocycles. The van der Waals surface area contributed by atoms with Crippen molar-refractivity contribution in [3.05, 3.63) is 48.4 Å². The van der Waals surface area contributed by atoms with Crippen molar-refractivity contribution in [2.24, 2.45) is 11.8 Å². The smallest absolute Gasteiger partial charge is 0.0190 e. The Kier molecular flexibility index (Phi) is 6.85. The van der Waals surface area contributed by atoms with Crippen LogP contribution in [0.5, 0.6) is 0 Å². The second-order valence-corrected chi connectivity index (χ2v) is 7.57. The highest BCUT2D eigenvalue weighted by Crippen LogP contribution is 2.35. The van der Waals surface area contributed by atoms with E-state index in [9.17, 15) is 0 Å². The summed E-state index contributed by atoms with van der Waals surface area (Å²) in [7, 11) is 0. The molecule has 0 N–H and O–H groups in total. The van der Waals surface area contributed by atoms with E-state index in [0.717, 1.165) is 37.0 Å². The SMILES string of the molecule is C=CCC/C=C\C(C)CC(=C)CN1CCC2SC=CC2C1. The fraction of sp³-hybridized carbons (Fsp3) is 0.579. The maximum Gasteiger partial charge on any atom is 0.0190 e. The Bertz CT molecular complexity index is 410. The van der Waals surface area contributed by atoms with Crippen molar-refractivity contribution in [1.82, 2.24) is 4.90 Å². The normalized spacial score (nSPS) is 26.9. The van der Waals surface area contributed by atoms with Crippen molar-refractivity contribution in [2.45, 2.75) is 37.9 Å². The van der Waals surface area contributed by atoms with E-state index in [2.05, 4.69) is 48.6 Å². The van der Waals surface area contributed by atoms with E-state index < -0.39 is 0 Å². The number of thioether (sulfide) groups is 1. The minimum atomic E-state index is 0.599. The van der Waals surface area contributed by atoms with Crippen LogP contribution in [0, 0.1) is 11.8 Å². The third-order valence-electron chi connectivity index (χ3n) is 4.32. The lowest BCUT2D eigenvalue weighted by Crippen LogP contribution is -2.40. The average Bonchev–Trinajstić information content (AvgIpc) is 2.91. The van der Waals surface area contributed by atoms with Crippen LogP contribution in [0.15, 0.2) is 48.4 Å². The molecule has 0 spiro atoms. The zero-order valence-electron chi connectivity index (χ0n) is 13.3. The first kappa shape index (κ1) is 16.6. The summed E-state index contributed by atoms with van der Waals surface area (Å²) in [6.07, 6.45) is 13.6. The van der Waals surface area contributed by atoms with Gasteiger partial charge in [-0.05, 0) is 43.6 Å². The number of hydrogen-bond donors (Lipinski definition) is 0. The monoisotopic (exact) mass is 303 g/mol. The van der Waals surface area contributed by atoms with Gasteiger partial charge in [0.15, 0.2) is 0 Å². The minimum Gasteiger partial charge on any atom is -0.299 e. The van der Waals surface area contributed by atoms with E-state index in [-0.39, 0.29) is 0 Å². The van der Waals surface area contributed by atoms with Gasteiger partial charge >= 0.3 is 0 Å². The van der Waals surface area contributed by atoms with Gasteiger partial charge in [0.1, 0.15) is 0 Å². The van der Waals surface area contributed by atoms with Crippen molar-refractivity contribution in [3.8, 4) is 0 Å². The van der Waals surface area contributed by atoms with E-state index in [1.807, 2.05) is 17.8 Å². The Morgan fingerprint density at radius 1 is 1.48 bits per heavy atom. The molecule has 21 heavy (non-hydrogen) atoms. The van der Waals surface area contributed by atoms with Crippen molar-refractivity contribution >= 4 is 11.8 Å². The van der Waals surface area contributed by atoms with E-state index in [1.165, 1.54) is 25.1 Å². The first-order valence-corrected chi connectivity index (χ1v) is 9.12. The average molecular weight is 304 g/mol. The predicted molar refractivity (Wildman–Crippen MR) is 96.6 cm³/mol. The van der Waals surface area contributed by atoms with Crippen molar-refractivity contribution in [3.63, 3.8) is 0 Å². The van der Waals surface area contributed by atoms with Crippen LogP contribution in [0.1, 0.15) is 32.6 Å². The number of allylic oxidation sites excluding steroid dienone is 3. The molecule has 116 valence electrons. The lowest BCUT2D eigenvalue weighted by Gasteiger charge is -2.34. The maximum atomic E-state index is 4.30. The molecule has 2 aliphatic heterocycles. The number of hydrogen-bond acceptors (Lipinski definition) is 2. The molecule has 0 radical (unpaired) electrons. The number of nitrogens with zero attached hydrogens (tertiary/aromatic N) is 1. The molecular weight excluding hydrogens is 274 g/mol. The van der Waals surface area contributed by atoms with Crippen LogP contribution < -0.4 is 0 Å². The number of fused-ring (bicyclic) bond motifs is 1. The number of rotatable bonds is 8. The molecule has 0 aliphatic carbocycles. The van der Waals surface area contributed by atoms with Crippen LogP contribution in [0.3, 0.4) is 0 Å². The van der Waals surface area contributed by atoms with Crippen LogP contribution in [-0.4, -0.2) is 29.8 Å². The summed E-state index contributed by atoms with van der Waals surface area (Å²) in [5.74, 6) is 1.37. The fourth-order valence-corrected chi connectivity index (χ4v) is 4.34. The quantitative estimate of drug-likeness (QED) is 0.456. The van der Waals surface area contributed by atoms with Gasteiger partial charge in [-0.3, -0.25) is 4.90 Å². The first-order chi connectivity index (χ1) is 10.2. The van der Waals surface area contributed by atoms with Gasteiger partial charge < -0.3 is 0 Å². The zero-order chi connectivity index (χ0) is 15.1. The van der Waals surface area contributed by atoms with Gasteiger partial charge in [0.05, 0.1) is 0 Å². The van der Waals surface area contributed by atoms with Crippen LogP contribution in [-0.2, 0) is 0 Å². The van der Waals surface area contributed by atoms with Gasteiger partial charge in [0.25, 0.3) is 0 Å². The molecule has 0 aromatic carbocycles. The van der Waals surface area contributed by atoms with Crippen molar-refractivity contribution < 1.29 is 0 Å². The molecule has 0 amide bonds. The zero-order valence-corrected chi connectivity index (χ0v) is 14.2. The summed E-state index contributed by atoms with van der Waals surface area (Å²) in [5.41, 5.74) is 1.38. The molecule has 0 aromatic heterocycles. The molecule has 0 aromatic rings. The van der Waals surface area contributed by atoms with E-state index >= 15 is 0 Å². The molecule has 2 aliphatic rings. The van der Waals surface area contributed by atoms with Gasteiger partial charge in [0, 0.05) is 24.3 Å². The molecule has 3 atom stereocenters. The van der Waals surface area contributed by atoms with E-state index in [4.69, 9.17) is 0 Å². The van der Waals surface area contributed by atoms with Gasteiger partial charge in [-0.25, -0.2) is 0 Å². The molecule has 1 nitrogen and oxygen atoms in total. The van der Waals surface area contributed by atoms with E-state index in [1.54, 1.807) is 0 Å². The fourth-order valence-electron chi connectivity index (χ4n) is 3.22. The number of likely N-dealkylation sites (tertiary alicyclic amines) is 1. The second kappa shape index (κ2) is 8.65. The van der Waals surface area contributed by atoms with Crippen molar-refractivity contribution in [2.75, 3.05) is 19.6 Å². The Balaban J connectivity index is 1.68. The summed E-state index contributed by atoms with van der Waals surface area (Å²) in [5, 5.41) is 3.14. The lowest BCUT2D eigenvalue weighted by molar-refractivity contribution is 0.217. The summed E-state index contributed by atoms with van der Waals surface area (Å²) in [6, 6.07) is 0. The molecule has 2 heteroatoms. The van der Waals surface area contributed by atoms with Crippen LogP contribution in [0.2, 0.25) is 0 Å². The molecular formula is C19H29NS. The van der Waals surface area contributed by atoms with E-state index in [0.29, 0.717) is 5.92 Å². The Hall–Kier alpha value is -0.730. The van der Waals surface area contributed by atoms with Gasteiger partial charge in [-0.2, -0.15) is 0 Å². The largest absolute Gasteiger partial charge is 0.299 e. The number of unbranched alkanes of at least 4 members (excludes halogenated alkanes) is 1. The minimum absolute atomic E-state index is 0.599. The Labute approximate surface area is 134 Å². The predicted octanol–water partition coefficient (Wildman–Crippen LogP) is 5.04. The third-order valence-corrected chi connectivity index (χ3v) is 5.56. The maximum absolute atomic E-state index is 4.30. The lowest BCUT2D eigenvalue weighted by atomic mass is 9.96. The first-order valence-electron chi connectivity index (χ1n) is 8.17. The summed E-state index contributed by atoms with van der Waals surface area (Å²) in [4.78, 5) is 2.59. The molecule has 2 rings (SSSR count). The highest BCUT2D eigenvalue weighted by Gasteiger charge is 2.30. The molecule has 3 unspecified atom stereocenters. The van der Waals surface area contributed by atoms with Gasteiger partial charge in [0.2, 0.25) is 0 Å². The number of piperidine rings is 1. The van der Waals surface area contributed by atoms with Crippen LogP contribution >= 0.6 is 11.8 Å². The molecule has 0 saturated carbocycles. The van der Waals surface area contributed by atoms with Gasteiger partial charge in [-0.1, -0.05) is 43.4 Å². The highest BCUT2D eigenvalue weighted by atomic mass is 32.2. The summed E-state index contributed by atoms with van der Waals surface area (Å²) >= 11 is 2.03. The summed E-state index contributed by atoms with van der Waals surface area (Å²) in [6.45, 7) is 13.9. The molecule has 1 fully saturated rings. The highest BCUT2D eigenvalue weighted by molar-refractivity contribution is 8.03. The van der Waals surface area contributed by atoms with Crippen molar-refractivity contribution in [1.29, 1.82) is 0 Å². The Morgan fingerprint density at radius 2 is 2.33 bits per heavy atom. The Morgan fingerprint density at radius 3 is 3.14 bits per heavy atom. The van der Waals surface area contributed by atoms with Gasteiger partial charge in [-0.15, -0.1) is 18.3 Å². The van der Waals surface area contributed by atoms with Crippen LogP contribution in [0.4, 0.5) is 0 Å². The summed E-state index contributed by atoms with van der Waals surface area (Å²) < 4.78 is 0. The van der Waals surface area contributed by atoms with Crippen LogP contribution in [0.25, 0.3) is 0 Å². The third kappa shape index (κ3) is 5.52. The molecule has 0 bridgehead atoms. The standard InChI is InChI=1S/C19H29NS/c1-4-5-6-7-8-16(2)13-17(3)14-20-11-9-19-18(15-20)10-12-21-19/h4,7-8,10,12,16,18-19H,1,3,5-6,9,11,13-15H2,2H3/b8-7-. The second-order valence-electron chi connectivity index (χ2n) is 6.42.